The number of Topliss-reactive ketones (excluding diaryl/α,β-unsaturated/α-hetero) is 1. The van der Waals surface area contributed by atoms with E-state index < -0.39 is 5.82 Å². The molecule has 0 spiro atoms. The highest BCUT2D eigenvalue weighted by molar-refractivity contribution is 7.99. The summed E-state index contributed by atoms with van der Waals surface area (Å²) in [5.74, 6) is 0.547. The second kappa shape index (κ2) is 9.92. The number of para-hydroxylation sites is 1. The van der Waals surface area contributed by atoms with Crippen LogP contribution in [0.1, 0.15) is 38.4 Å². The fourth-order valence-electron chi connectivity index (χ4n) is 3.26. The standard InChI is InChI=1S/C24H26FN3O2S/c1-6-11-28-23(13-30-22-10-8-7-9-20(22)25)26-27-24(28)31-14-21(29)19-12-15(2)16(3)17(4)18(19)5/h6-10,12H,1,11,13-14H2,2-5H3. The largest absolute Gasteiger partial charge is 0.483 e. The average molecular weight is 440 g/mol. The van der Waals surface area contributed by atoms with Gasteiger partial charge in [0.15, 0.2) is 28.3 Å². The van der Waals surface area contributed by atoms with Crippen LogP contribution in [0.2, 0.25) is 0 Å². The summed E-state index contributed by atoms with van der Waals surface area (Å²) in [4.78, 5) is 12.9. The number of halogens is 1. The minimum atomic E-state index is -0.434. The third-order valence-corrected chi connectivity index (χ3v) is 6.38. The van der Waals surface area contributed by atoms with E-state index in [9.17, 15) is 9.18 Å². The minimum absolute atomic E-state index is 0.0472. The Kier molecular flexibility index (Phi) is 7.28. The topological polar surface area (TPSA) is 57.0 Å². The van der Waals surface area contributed by atoms with Gasteiger partial charge in [-0.25, -0.2) is 4.39 Å². The number of ketones is 1. The summed E-state index contributed by atoms with van der Waals surface area (Å²) in [5.41, 5.74) is 5.23. The van der Waals surface area contributed by atoms with E-state index in [0.29, 0.717) is 17.5 Å². The molecule has 0 saturated carbocycles. The van der Waals surface area contributed by atoms with Crippen molar-refractivity contribution in [2.75, 3.05) is 5.75 Å². The summed E-state index contributed by atoms with van der Waals surface area (Å²) < 4.78 is 21.2. The molecule has 0 unspecified atom stereocenters. The quantitative estimate of drug-likeness (QED) is 0.254. The SMILES string of the molecule is C=CCn1c(COc2ccccc2F)nnc1SCC(=O)c1cc(C)c(C)c(C)c1C. The van der Waals surface area contributed by atoms with Crippen LogP contribution in [0.25, 0.3) is 0 Å². The van der Waals surface area contributed by atoms with Crippen molar-refractivity contribution in [3.05, 3.63) is 82.4 Å². The molecule has 0 aliphatic rings. The van der Waals surface area contributed by atoms with Crippen molar-refractivity contribution in [3.63, 3.8) is 0 Å². The molecule has 31 heavy (non-hydrogen) atoms. The lowest BCUT2D eigenvalue weighted by atomic mass is 9.93. The van der Waals surface area contributed by atoms with Crippen LogP contribution >= 0.6 is 11.8 Å². The number of carbonyl (C=O) groups is 1. The zero-order chi connectivity index (χ0) is 22.5. The number of thioether (sulfide) groups is 1. The van der Waals surface area contributed by atoms with Crippen molar-refractivity contribution in [1.29, 1.82) is 0 Å². The number of aryl methyl sites for hydroxylation is 1. The molecular formula is C24H26FN3O2S. The Balaban J connectivity index is 1.74. The van der Waals surface area contributed by atoms with Crippen LogP contribution in [-0.2, 0) is 13.2 Å². The van der Waals surface area contributed by atoms with Crippen LogP contribution in [0, 0.1) is 33.5 Å². The first-order chi connectivity index (χ1) is 14.8. The smallest absolute Gasteiger partial charge is 0.192 e. The Morgan fingerprint density at radius 2 is 1.90 bits per heavy atom. The number of allylic oxidation sites excluding steroid dienone is 1. The Morgan fingerprint density at radius 1 is 1.16 bits per heavy atom. The van der Waals surface area contributed by atoms with Gasteiger partial charge in [-0.2, -0.15) is 0 Å². The van der Waals surface area contributed by atoms with Gasteiger partial charge in [-0.3, -0.25) is 9.36 Å². The van der Waals surface area contributed by atoms with Gasteiger partial charge in [-0.15, -0.1) is 16.8 Å². The fraction of sp³-hybridized carbons (Fsp3) is 0.292. The van der Waals surface area contributed by atoms with E-state index >= 15 is 0 Å². The summed E-state index contributed by atoms with van der Waals surface area (Å²) in [6.45, 7) is 12.4. The summed E-state index contributed by atoms with van der Waals surface area (Å²) in [6, 6.07) is 8.17. The van der Waals surface area contributed by atoms with Crippen molar-refractivity contribution in [3.8, 4) is 5.75 Å². The summed E-state index contributed by atoms with van der Waals surface area (Å²) in [7, 11) is 0. The third-order valence-electron chi connectivity index (χ3n) is 5.41. The monoisotopic (exact) mass is 439 g/mol. The fourth-order valence-corrected chi connectivity index (χ4v) is 4.11. The Bertz CT molecular complexity index is 1120. The molecule has 2 aromatic carbocycles. The van der Waals surface area contributed by atoms with Gasteiger partial charge >= 0.3 is 0 Å². The van der Waals surface area contributed by atoms with Gasteiger partial charge < -0.3 is 4.74 Å². The first-order valence-electron chi connectivity index (χ1n) is 9.97. The van der Waals surface area contributed by atoms with E-state index in [1.165, 1.54) is 23.4 Å². The third kappa shape index (κ3) is 5.05. The van der Waals surface area contributed by atoms with E-state index in [-0.39, 0.29) is 23.9 Å². The maximum absolute atomic E-state index is 13.8. The molecule has 1 heterocycles. The first kappa shape index (κ1) is 22.7. The molecule has 5 nitrogen and oxygen atoms in total. The number of aromatic nitrogens is 3. The van der Waals surface area contributed by atoms with Crippen LogP contribution in [0.3, 0.4) is 0 Å². The van der Waals surface area contributed by atoms with Gasteiger partial charge in [0.25, 0.3) is 0 Å². The van der Waals surface area contributed by atoms with Gasteiger partial charge in [0, 0.05) is 12.1 Å². The van der Waals surface area contributed by atoms with E-state index in [1.54, 1.807) is 24.3 Å². The second-order valence-electron chi connectivity index (χ2n) is 7.35. The molecule has 3 aromatic rings. The maximum atomic E-state index is 13.8. The van der Waals surface area contributed by atoms with E-state index in [1.807, 2.05) is 31.4 Å². The number of benzene rings is 2. The number of nitrogens with zero attached hydrogens (tertiary/aromatic N) is 3. The van der Waals surface area contributed by atoms with Crippen molar-refractivity contribution in [2.45, 2.75) is 46.0 Å². The summed E-state index contributed by atoms with van der Waals surface area (Å²) in [5, 5.41) is 8.98. The highest BCUT2D eigenvalue weighted by Crippen LogP contribution is 2.25. The maximum Gasteiger partial charge on any atom is 0.192 e. The number of ether oxygens (including phenoxy) is 1. The lowest BCUT2D eigenvalue weighted by Gasteiger charge is -2.13. The molecule has 7 heteroatoms. The Hall–Kier alpha value is -2.93. The summed E-state index contributed by atoms with van der Waals surface area (Å²) in [6.07, 6.45) is 1.72. The number of carbonyl (C=O) groups excluding carboxylic acids is 1. The molecule has 0 saturated heterocycles. The van der Waals surface area contributed by atoms with Crippen molar-refractivity contribution in [1.82, 2.24) is 14.8 Å². The molecule has 0 fully saturated rings. The van der Waals surface area contributed by atoms with E-state index in [4.69, 9.17) is 4.74 Å². The molecule has 0 bridgehead atoms. The molecule has 162 valence electrons. The lowest BCUT2D eigenvalue weighted by Crippen LogP contribution is -2.10. The molecule has 0 amide bonds. The lowest BCUT2D eigenvalue weighted by molar-refractivity contribution is 0.102. The summed E-state index contributed by atoms with van der Waals surface area (Å²) >= 11 is 1.32. The Morgan fingerprint density at radius 3 is 2.61 bits per heavy atom. The van der Waals surface area contributed by atoms with Gasteiger partial charge in [0.05, 0.1) is 5.75 Å². The van der Waals surface area contributed by atoms with Crippen LogP contribution < -0.4 is 4.74 Å². The zero-order valence-corrected chi connectivity index (χ0v) is 19.1. The van der Waals surface area contributed by atoms with E-state index in [0.717, 1.165) is 22.3 Å². The van der Waals surface area contributed by atoms with Gasteiger partial charge in [-0.05, 0) is 68.1 Å². The average Bonchev–Trinajstić information content (AvgIpc) is 3.14. The molecule has 0 atom stereocenters. The molecular weight excluding hydrogens is 413 g/mol. The normalized spacial score (nSPS) is 10.9. The number of hydrogen-bond donors (Lipinski definition) is 0. The van der Waals surface area contributed by atoms with Gasteiger partial charge in [0.2, 0.25) is 0 Å². The zero-order valence-electron chi connectivity index (χ0n) is 18.2. The van der Waals surface area contributed by atoms with Crippen LogP contribution in [0.4, 0.5) is 4.39 Å². The molecule has 0 radical (unpaired) electrons. The highest BCUT2D eigenvalue weighted by Gasteiger charge is 2.18. The number of rotatable bonds is 9. The molecule has 0 aliphatic heterocycles. The van der Waals surface area contributed by atoms with Gasteiger partial charge in [-0.1, -0.05) is 30.0 Å². The van der Waals surface area contributed by atoms with Crippen molar-refractivity contribution < 1.29 is 13.9 Å². The predicted octanol–water partition coefficient (Wildman–Crippen LogP) is 5.39. The number of hydrogen-bond acceptors (Lipinski definition) is 5. The van der Waals surface area contributed by atoms with Crippen LogP contribution in [-0.4, -0.2) is 26.3 Å². The van der Waals surface area contributed by atoms with Crippen molar-refractivity contribution >= 4 is 17.5 Å². The Labute approximate surface area is 186 Å². The van der Waals surface area contributed by atoms with Gasteiger partial charge in [0.1, 0.15) is 6.61 Å². The molecule has 3 rings (SSSR count). The van der Waals surface area contributed by atoms with Crippen molar-refractivity contribution in [2.24, 2.45) is 0 Å². The molecule has 0 aliphatic carbocycles. The molecule has 1 aromatic heterocycles. The van der Waals surface area contributed by atoms with Crippen LogP contribution in [0.15, 0.2) is 48.1 Å². The first-order valence-corrected chi connectivity index (χ1v) is 11.0. The highest BCUT2D eigenvalue weighted by atomic mass is 32.2. The van der Waals surface area contributed by atoms with E-state index in [2.05, 4.69) is 23.7 Å². The predicted molar refractivity (Wildman–Crippen MR) is 121 cm³/mol. The second-order valence-corrected chi connectivity index (χ2v) is 8.29. The van der Waals surface area contributed by atoms with Crippen LogP contribution in [0.5, 0.6) is 5.75 Å². The molecule has 0 N–H and O–H groups in total. The minimum Gasteiger partial charge on any atom is -0.483 e.